The number of para-hydroxylation sites is 3. The SMILES string of the molecule is C=C/C=C(\C=C/C)N(c1ccccc1)n1c2ccccc2c2c3c4ccccc4n(C/C=C\C=C/C)c3c3ccc4c(CC/C=C\C)cccc4c3c21.CC. The van der Waals surface area contributed by atoms with E-state index in [0.717, 1.165) is 36.3 Å². The van der Waals surface area contributed by atoms with Crippen molar-refractivity contribution in [1.29, 1.82) is 0 Å². The van der Waals surface area contributed by atoms with E-state index in [2.05, 4.69) is 205 Å². The van der Waals surface area contributed by atoms with Crippen molar-refractivity contribution >= 4 is 70.8 Å². The van der Waals surface area contributed by atoms with Gasteiger partial charge >= 0.3 is 0 Å². The Balaban J connectivity index is 0.00000229. The Morgan fingerprint density at radius 1 is 0.600 bits per heavy atom. The van der Waals surface area contributed by atoms with E-state index >= 15 is 0 Å². The molecule has 0 unspecified atom stereocenters. The van der Waals surface area contributed by atoms with Crippen LogP contribution in [0.3, 0.4) is 0 Å². The maximum atomic E-state index is 4.15. The van der Waals surface area contributed by atoms with E-state index in [1.807, 2.05) is 19.9 Å². The third-order valence-electron chi connectivity index (χ3n) is 10.3. The van der Waals surface area contributed by atoms with Crippen LogP contribution >= 0.6 is 0 Å². The number of aryl methyl sites for hydroxylation is 1. The Bertz CT molecular complexity index is 2800. The van der Waals surface area contributed by atoms with Crippen LogP contribution in [0.2, 0.25) is 0 Å². The number of benzene rings is 6. The summed E-state index contributed by atoms with van der Waals surface area (Å²) in [6.45, 7) is 15.2. The van der Waals surface area contributed by atoms with E-state index in [1.165, 1.54) is 65.2 Å². The summed E-state index contributed by atoms with van der Waals surface area (Å²) in [5.41, 5.74) is 8.30. The summed E-state index contributed by atoms with van der Waals surface area (Å²) in [5, 5.41) is 12.5. The second-order valence-electron chi connectivity index (χ2n) is 13.4. The van der Waals surface area contributed by atoms with Crippen LogP contribution in [0.15, 0.2) is 182 Å². The van der Waals surface area contributed by atoms with E-state index in [0.29, 0.717) is 0 Å². The van der Waals surface area contributed by atoms with Crippen LogP contribution in [0.5, 0.6) is 0 Å². The molecule has 6 aromatic carbocycles. The largest absolute Gasteiger partial charge is 0.336 e. The molecular weight excluding hydrogens is 667 g/mol. The number of anilines is 1. The molecule has 0 aliphatic heterocycles. The fourth-order valence-corrected chi connectivity index (χ4v) is 8.23. The summed E-state index contributed by atoms with van der Waals surface area (Å²) in [6, 6.07) is 40.2. The summed E-state index contributed by atoms with van der Waals surface area (Å²) in [7, 11) is 0. The van der Waals surface area contributed by atoms with Crippen molar-refractivity contribution in [3.8, 4) is 0 Å². The van der Waals surface area contributed by atoms with Gasteiger partial charge in [0.2, 0.25) is 0 Å². The lowest BCUT2D eigenvalue weighted by Gasteiger charge is -2.29. The van der Waals surface area contributed by atoms with Crippen molar-refractivity contribution in [2.24, 2.45) is 0 Å². The number of allylic oxidation sites excluding steroid dienone is 10. The van der Waals surface area contributed by atoms with E-state index < -0.39 is 0 Å². The highest BCUT2D eigenvalue weighted by Crippen LogP contribution is 2.48. The molecule has 2 heterocycles. The van der Waals surface area contributed by atoms with Gasteiger partial charge in [0.05, 0.1) is 27.9 Å². The van der Waals surface area contributed by atoms with Crippen molar-refractivity contribution in [2.75, 3.05) is 5.01 Å². The minimum absolute atomic E-state index is 0.763. The predicted molar refractivity (Wildman–Crippen MR) is 243 cm³/mol. The van der Waals surface area contributed by atoms with Gasteiger partial charge in [-0.15, -0.1) is 0 Å². The highest BCUT2D eigenvalue weighted by molar-refractivity contribution is 6.40. The predicted octanol–water partition coefficient (Wildman–Crippen LogP) is 14.8. The van der Waals surface area contributed by atoms with E-state index in [4.69, 9.17) is 0 Å². The van der Waals surface area contributed by atoms with Crippen molar-refractivity contribution in [1.82, 2.24) is 9.24 Å². The monoisotopic (exact) mass is 717 g/mol. The van der Waals surface area contributed by atoms with Crippen molar-refractivity contribution < 1.29 is 0 Å². The van der Waals surface area contributed by atoms with Gasteiger partial charge in [0.15, 0.2) is 0 Å². The van der Waals surface area contributed by atoms with Gasteiger partial charge < -0.3 is 4.57 Å². The molecule has 0 saturated heterocycles. The highest BCUT2D eigenvalue weighted by Gasteiger charge is 2.27. The van der Waals surface area contributed by atoms with Gasteiger partial charge in [0.1, 0.15) is 0 Å². The van der Waals surface area contributed by atoms with Gasteiger partial charge in [0.25, 0.3) is 0 Å². The molecule has 0 spiro atoms. The molecule has 274 valence electrons. The van der Waals surface area contributed by atoms with E-state index in [-0.39, 0.29) is 0 Å². The third kappa shape index (κ3) is 6.50. The van der Waals surface area contributed by atoms with E-state index in [1.54, 1.807) is 0 Å². The Hall–Kier alpha value is -6.32. The van der Waals surface area contributed by atoms with Crippen molar-refractivity contribution in [2.45, 2.75) is 54.0 Å². The number of nitrogens with zero attached hydrogens (tertiary/aromatic N) is 3. The first-order chi connectivity index (χ1) is 27.2. The second-order valence-corrected chi connectivity index (χ2v) is 13.4. The molecule has 3 heteroatoms. The summed E-state index contributed by atoms with van der Waals surface area (Å²) >= 11 is 0. The molecule has 0 radical (unpaired) electrons. The minimum Gasteiger partial charge on any atom is -0.336 e. The molecule has 0 aliphatic rings. The lowest BCUT2D eigenvalue weighted by Crippen LogP contribution is -2.28. The average Bonchev–Trinajstić information content (AvgIpc) is 3.74. The zero-order chi connectivity index (χ0) is 38.3. The average molecular weight is 718 g/mol. The number of fused-ring (bicyclic) bond motifs is 12. The fraction of sp³-hybridized carbons (Fsp3) is 0.154. The molecule has 0 bridgehead atoms. The standard InChI is InChI=1S/C50H45N3.C2H6/c1-5-9-11-20-35-51-44-31-18-16-28-41(44)47-48-42-29-17-19-32-45(42)53(52(37(22-7-3)23-8-4)38-26-14-12-15-27-38)50(48)46-40-30-21-25-36(24-13-10-6-2)39(40)33-34-43(46)49(47)51;1-2/h5-12,14-23,25-34H,3,13,24,35H2,1-2,4H3;1-2H3/b9-5-,10-6-,20-11-,23-8-,37-22+;. The summed E-state index contributed by atoms with van der Waals surface area (Å²) < 4.78 is 5.00. The minimum atomic E-state index is 0.763. The first-order valence-electron chi connectivity index (χ1n) is 19.7. The number of aromatic nitrogens is 2. The summed E-state index contributed by atoms with van der Waals surface area (Å²) in [5.74, 6) is 0. The number of hydrogen-bond acceptors (Lipinski definition) is 1. The summed E-state index contributed by atoms with van der Waals surface area (Å²) in [6.07, 6.45) is 23.3. The van der Waals surface area contributed by atoms with Crippen LogP contribution < -0.4 is 5.01 Å². The van der Waals surface area contributed by atoms with Gasteiger partial charge in [-0.3, -0.25) is 0 Å². The summed E-state index contributed by atoms with van der Waals surface area (Å²) in [4.78, 5) is 0. The quantitative estimate of drug-likeness (QED) is 0.0737. The zero-order valence-corrected chi connectivity index (χ0v) is 32.8. The normalized spacial score (nSPS) is 12.6. The maximum Gasteiger partial charge on any atom is 0.0808 e. The van der Waals surface area contributed by atoms with E-state index in [9.17, 15) is 0 Å². The van der Waals surface area contributed by atoms with Crippen molar-refractivity contribution in [3.05, 3.63) is 188 Å². The molecule has 0 atom stereocenters. The molecule has 8 aromatic rings. The van der Waals surface area contributed by atoms with Crippen molar-refractivity contribution in [3.63, 3.8) is 0 Å². The third-order valence-corrected chi connectivity index (χ3v) is 10.3. The molecule has 0 saturated carbocycles. The highest BCUT2D eigenvalue weighted by atomic mass is 15.6. The van der Waals surface area contributed by atoms with Crippen LogP contribution in [0.25, 0.3) is 65.2 Å². The molecule has 2 aromatic heterocycles. The maximum absolute atomic E-state index is 4.15. The van der Waals surface area contributed by atoms with Gasteiger partial charge in [-0.1, -0.05) is 154 Å². The van der Waals surface area contributed by atoms with Gasteiger partial charge in [0, 0.05) is 44.4 Å². The number of rotatable bonds is 11. The molecule has 8 rings (SSSR count). The Labute approximate surface area is 325 Å². The van der Waals surface area contributed by atoms with Gasteiger partial charge in [-0.25, -0.2) is 9.69 Å². The van der Waals surface area contributed by atoms with Crippen LogP contribution in [0.4, 0.5) is 5.69 Å². The first kappa shape index (κ1) is 37.0. The fourth-order valence-electron chi connectivity index (χ4n) is 8.23. The van der Waals surface area contributed by atoms with Crippen LogP contribution in [0, 0.1) is 0 Å². The molecule has 0 fully saturated rings. The Morgan fingerprint density at radius 2 is 1.27 bits per heavy atom. The zero-order valence-electron chi connectivity index (χ0n) is 32.8. The Morgan fingerprint density at radius 3 is 2.00 bits per heavy atom. The topological polar surface area (TPSA) is 13.1 Å². The van der Waals surface area contributed by atoms with Crippen LogP contribution in [-0.2, 0) is 13.0 Å². The molecule has 55 heavy (non-hydrogen) atoms. The lowest BCUT2D eigenvalue weighted by molar-refractivity contribution is 0.851. The Kier molecular flexibility index (Phi) is 11.3. The van der Waals surface area contributed by atoms with Gasteiger partial charge in [-0.05, 0) is 86.4 Å². The van der Waals surface area contributed by atoms with Crippen LogP contribution in [-0.4, -0.2) is 9.24 Å². The second kappa shape index (κ2) is 16.8. The first-order valence-corrected chi connectivity index (χ1v) is 19.7. The number of hydrogen-bond donors (Lipinski definition) is 0. The smallest absolute Gasteiger partial charge is 0.0808 e. The molecular formula is C52H51N3. The molecule has 0 N–H and O–H groups in total. The van der Waals surface area contributed by atoms with Crippen LogP contribution in [0.1, 0.15) is 46.6 Å². The van der Waals surface area contributed by atoms with Gasteiger partial charge in [-0.2, -0.15) is 0 Å². The molecule has 3 nitrogen and oxygen atoms in total. The lowest BCUT2D eigenvalue weighted by atomic mass is 9.92. The molecule has 0 aliphatic carbocycles. The molecule has 0 amide bonds.